The second-order valence-electron chi connectivity index (χ2n) is 5.46. The van der Waals surface area contributed by atoms with Crippen molar-refractivity contribution in [1.82, 2.24) is 5.32 Å². The van der Waals surface area contributed by atoms with Crippen molar-refractivity contribution in [2.75, 3.05) is 25.5 Å². The van der Waals surface area contributed by atoms with Gasteiger partial charge < -0.3 is 15.4 Å². The molecule has 0 bridgehead atoms. The minimum Gasteiger partial charge on any atom is -0.465 e. The van der Waals surface area contributed by atoms with Gasteiger partial charge in [0.1, 0.15) is 5.82 Å². The first-order valence-corrected chi connectivity index (χ1v) is 8.02. The van der Waals surface area contributed by atoms with E-state index in [9.17, 15) is 14.0 Å². The second kappa shape index (κ2) is 9.54. The lowest BCUT2D eigenvalue weighted by Crippen LogP contribution is -2.23. The van der Waals surface area contributed by atoms with E-state index in [-0.39, 0.29) is 11.7 Å². The molecule has 0 fully saturated rings. The van der Waals surface area contributed by atoms with Crippen LogP contribution in [0.15, 0.2) is 48.5 Å². The molecule has 0 unspecified atom stereocenters. The lowest BCUT2D eigenvalue weighted by molar-refractivity contribution is -0.116. The van der Waals surface area contributed by atoms with Crippen LogP contribution in [-0.4, -0.2) is 32.1 Å². The molecular formula is C19H21FN2O3. The van der Waals surface area contributed by atoms with Gasteiger partial charge in [0.15, 0.2) is 0 Å². The fourth-order valence-electron chi connectivity index (χ4n) is 2.28. The second-order valence-corrected chi connectivity index (χ2v) is 5.46. The Hall–Kier alpha value is -2.73. The maximum Gasteiger partial charge on any atom is 0.337 e. The number of ether oxygens (including phenoxy) is 1. The normalized spacial score (nSPS) is 10.3. The van der Waals surface area contributed by atoms with Crippen molar-refractivity contribution in [3.05, 3.63) is 65.5 Å². The lowest BCUT2D eigenvalue weighted by atomic mass is 10.1. The van der Waals surface area contributed by atoms with E-state index in [1.165, 1.54) is 13.2 Å². The largest absolute Gasteiger partial charge is 0.465 e. The highest BCUT2D eigenvalue weighted by Crippen LogP contribution is 2.10. The van der Waals surface area contributed by atoms with Crippen molar-refractivity contribution in [3.63, 3.8) is 0 Å². The summed E-state index contributed by atoms with van der Waals surface area (Å²) in [6.07, 6.45) is 0.874. The van der Waals surface area contributed by atoms with E-state index in [4.69, 9.17) is 0 Å². The predicted octanol–water partition coefficient (Wildman–Crippen LogP) is 2.77. The van der Waals surface area contributed by atoms with Crippen LogP contribution in [0.1, 0.15) is 22.3 Å². The highest BCUT2D eigenvalue weighted by molar-refractivity contribution is 5.93. The Morgan fingerprint density at radius 2 is 1.76 bits per heavy atom. The van der Waals surface area contributed by atoms with Crippen LogP contribution in [0.25, 0.3) is 0 Å². The molecule has 2 aromatic rings. The molecule has 6 heteroatoms. The van der Waals surface area contributed by atoms with Crippen LogP contribution in [0.2, 0.25) is 0 Å². The molecule has 0 radical (unpaired) electrons. The molecule has 0 heterocycles. The van der Waals surface area contributed by atoms with E-state index in [0.717, 1.165) is 0 Å². The van der Waals surface area contributed by atoms with Crippen molar-refractivity contribution in [2.24, 2.45) is 0 Å². The summed E-state index contributed by atoms with van der Waals surface area (Å²) < 4.78 is 18.1. The lowest BCUT2D eigenvalue weighted by Gasteiger charge is -2.08. The Balaban J connectivity index is 1.67. The van der Waals surface area contributed by atoms with E-state index in [0.29, 0.717) is 42.7 Å². The van der Waals surface area contributed by atoms with Crippen molar-refractivity contribution in [1.29, 1.82) is 0 Å². The number of hydrogen-bond donors (Lipinski definition) is 2. The topological polar surface area (TPSA) is 67.4 Å². The van der Waals surface area contributed by atoms with Gasteiger partial charge in [-0.1, -0.05) is 18.2 Å². The zero-order valence-electron chi connectivity index (χ0n) is 14.0. The minimum absolute atomic E-state index is 0.135. The number of carbonyl (C=O) groups excluding carboxylic acids is 2. The summed E-state index contributed by atoms with van der Waals surface area (Å²) in [6.45, 7) is 1.10. The van der Waals surface area contributed by atoms with E-state index < -0.39 is 5.97 Å². The quantitative estimate of drug-likeness (QED) is 0.571. The molecule has 0 atom stereocenters. The molecule has 0 saturated carbocycles. The SMILES string of the molecule is COC(=O)c1ccc(NC(=O)CCNCCc2ccccc2F)cc1. The van der Waals surface area contributed by atoms with Gasteiger partial charge in [-0.05, 0) is 48.9 Å². The predicted molar refractivity (Wildman–Crippen MR) is 94.0 cm³/mol. The van der Waals surface area contributed by atoms with Crippen molar-refractivity contribution >= 4 is 17.6 Å². The highest BCUT2D eigenvalue weighted by Gasteiger charge is 2.06. The zero-order chi connectivity index (χ0) is 18.1. The number of methoxy groups -OCH3 is 1. The molecule has 25 heavy (non-hydrogen) atoms. The van der Waals surface area contributed by atoms with Crippen LogP contribution in [0, 0.1) is 5.82 Å². The Kier molecular flexibility index (Phi) is 7.10. The zero-order valence-corrected chi connectivity index (χ0v) is 14.0. The van der Waals surface area contributed by atoms with Gasteiger partial charge in [0.05, 0.1) is 12.7 Å². The summed E-state index contributed by atoms with van der Waals surface area (Å²) in [5.41, 5.74) is 1.70. The molecule has 0 aliphatic rings. The summed E-state index contributed by atoms with van der Waals surface area (Å²) in [4.78, 5) is 23.2. The van der Waals surface area contributed by atoms with Crippen molar-refractivity contribution < 1.29 is 18.7 Å². The third-order valence-electron chi connectivity index (χ3n) is 3.65. The molecule has 2 N–H and O–H groups in total. The minimum atomic E-state index is -0.420. The smallest absolute Gasteiger partial charge is 0.337 e. The van der Waals surface area contributed by atoms with Gasteiger partial charge in [-0.3, -0.25) is 4.79 Å². The first kappa shape index (κ1) is 18.6. The fraction of sp³-hybridized carbons (Fsp3) is 0.263. The highest BCUT2D eigenvalue weighted by atomic mass is 19.1. The van der Waals surface area contributed by atoms with Gasteiger partial charge in [-0.2, -0.15) is 0 Å². The Morgan fingerprint density at radius 1 is 1.04 bits per heavy atom. The van der Waals surface area contributed by atoms with Gasteiger partial charge in [0.2, 0.25) is 5.91 Å². The van der Waals surface area contributed by atoms with Gasteiger partial charge in [0.25, 0.3) is 0 Å². The molecule has 2 aromatic carbocycles. The molecule has 2 rings (SSSR count). The number of benzene rings is 2. The molecule has 0 saturated heterocycles. The number of halogens is 1. The summed E-state index contributed by atoms with van der Waals surface area (Å²) >= 11 is 0. The number of nitrogens with one attached hydrogen (secondary N) is 2. The van der Waals surface area contributed by atoms with Crippen LogP contribution in [0.3, 0.4) is 0 Å². The number of amides is 1. The first-order chi connectivity index (χ1) is 12.1. The van der Waals surface area contributed by atoms with E-state index >= 15 is 0 Å². The monoisotopic (exact) mass is 344 g/mol. The maximum atomic E-state index is 13.4. The van der Waals surface area contributed by atoms with Crippen LogP contribution in [0.5, 0.6) is 0 Å². The van der Waals surface area contributed by atoms with Crippen molar-refractivity contribution in [2.45, 2.75) is 12.8 Å². The molecule has 0 aliphatic carbocycles. The first-order valence-electron chi connectivity index (χ1n) is 8.02. The average molecular weight is 344 g/mol. The summed E-state index contributed by atoms with van der Waals surface area (Å²) in [7, 11) is 1.32. The average Bonchev–Trinajstić information content (AvgIpc) is 2.63. The molecule has 0 aliphatic heterocycles. The fourth-order valence-corrected chi connectivity index (χ4v) is 2.28. The third kappa shape index (κ3) is 6.00. The summed E-state index contributed by atoms with van der Waals surface area (Å²) in [5, 5.41) is 5.87. The molecule has 1 amide bonds. The van der Waals surface area contributed by atoms with E-state index in [2.05, 4.69) is 15.4 Å². The molecular weight excluding hydrogens is 323 g/mol. The third-order valence-corrected chi connectivity index (χ3v) is 3.65. The molecule has 5 nitrogen and oxygen atoms in total. The molecule has 0 spiro atoms. The van der Waals surface area contributed by atoms with Gasteiger partial charge in [-0.25, -0.2) is 9.18 Å². The number of anilines is 1. The Labute approximate surface area is 146 Å². The van der Waals surface area contributed by atoms with Crippen LogP contribution in [0.4, 0.5) is 10.1 Å². The van der Waals surface area contributed by atoms with E-state index in [1.807, 2.05) is 0 Å². The summed E-state index contributed by atoms with van der Waals surface area (Å²) in [6, 6.07) is 13.1. The molecule has 0 aromatic heterocycles. The Morgan fingerprint density at radius 3 is 2.44 bits per heavy atom. The van der Waals surface area contributed by atoms with E-state index in [1.54, 1.807) is 42.5 Å². The number of hydrogen-bond acceptors (Lipinski definition) is 4. The summed E-state index contributed by atoms with van der Waals surface area (Å²) in [5.74, 6) is -0.765. The van der Waals surface area contributed by atoms with Gasteiger partial charge in [-0.15, -0.1) is 0 Å². The standard InChI is InChI=1S/C19H21FN2O3/c1-25-19(24)15-6-8-16(9-7-15)22-18(23)11-13-21-12-10-14-4-2-3-5-17(14)20/h2-9,21H,10-13H2,1H3,(H,22,23). The van der Waals surface area contributed by atoms with Gasteiger partial charge in [0, 0.05) is 18.7 Å². The van der Waals surface area contributed by atoms with Crippen LogP contribution < -0.4 is 10.6 Å². The number of rotatable bonds is 8. The van der Waals surface area contributed by atoms with Gasteiger partial charge >= 0.3 is 5.97 Å². The van der Waals surface area contributed by atoms with Crippen molar-refractivity contribution in [3.8, 4) is 0 Å². The van der Waals surface area contributed by atoms with Crippen LogP contribution in [-0.2, 0) is 16.0 Å². The van der Waals surface area contributed by atoms with Crippen LogP contribution >= 0.6 is 0 Å². The number of esters is 1. The number of carbonyl (C=O) groups is 2. The molecule has 132 valence electrons. The maximum absolute atomic E-state index is 13.4. The Bertz CT molecular complexity index is 717.